The Morgan fingerprint density at radius 2 is 1.80 bits per heavy atom. The molecule has 2 aromatic carbocycles. The van der Waals surface area contributed by atoms with Crippen LogP contribution in [0, 0.1) is 5.82 Å². The number of sulfonamides is 1. The Labute approximate surface area is 117 Å². The van der Waals surface area contributed by atoms with Crippen LogP contribution >= 0.6 is 0 Å². The van der Waals surface area contributed by atoms with Crippen LogP contribution in [0.5, 0.6) is 0 Å². The zero-order valence-electron chi connectivity index (χ0n) is 11.2. The van der Waals surface area contributed by atoms with Gasteiger partial charge in [-0.05, 0) is 29.3 Å². The van der Waals surface area contributed by atoms with Crippen molar-refractivity contribution in [2.75, 3.05) is 11.4 Å². The van der Waals surface area contributed by atoms with E-state index in [0.717, 1.165) is 11.6 Å². The largest absolute Gasteiger partial charge is 0.269 e. The van der Waals surface area contributed by atoms with E-state index in [1.54, 1.807) is 18.2 Å². The number of hydrogen-bond donors (Lipinski definition) is 0. The Bertz CT molecular complexity index is 786. The number of anilines is 1. The zero-order valence-corrected chi connectivity index (χ0v) is 12.0. The van der Waals surface area contributed by atoms with Gasteiger partial charge in [-0.3, -0.25) is 4.31 Å². The van der Waals surface area contributed by atoms with Gasteiger partial charge in [0.15, 0.2) is 0 Å². The highest BCUT2D eigenvalue weighted by Gasteiger charge is 2.33. The highest BCUT2D eigenvalue weighted by molar-refractivity contribution is 7.92. The van der Waals surface area contributed by atoms with Crippen LogP contribution in [0.4, 0.5) is 10.1 Å². The fraction of sp³-hybridized carbons (Fsp3) is 0.200. The molecule has 20 heavy (non-hydrogen) atoms. The van der Waals surface area contributed by atoms with Crippen molar-refractivity contribution in [2.24, 2.45) is 0 Å². The molecule has 1 aliphatic heterocycles. The quantitative estimate of drug-likeness (QED) is 0.748. The van der Waals surface area contributed by atoms with E-state index in [2.05, 4.69) is 0 Å². The zero-order chi connectivity index (χ0) is 14.5. The van der Waals surface area contributed by atoms with E-state index in [9.17, 15) is 12.8 Å². The highest BCUT2D eigenvalue weighted by atomic mass is 32.2. The Morgan fingerprint density at radius 3 is 2.55 bits per heavy atom. The van der Waals surface area contributed by atoms with Crippen molar-refractivity contribution in [1.82, 2.24) is 0 Å². The second kappa shape index (κ2) is 4.31. The van der Waals surface area contributed by atoms with Crippen molar-refractivity contribution >= 4 is 15.7 Å². The Balaban J connectivity index is 2.41. The smallest absolute Gasteiger partial charge is 0.264 e. The number of fused-ring (bicyclic) bond motifs is 2. The molecule has 1 atom stereocenters. The molecule has 1 heterocycles. The lowest BCUT2D eigenvalue weighted by Gasteiger charge is -2.19. The van der Waals surface area contributed by atoms with E-state index >= 15 is 0 Å². The minimum atomic E-state index is -3.73. The molecule has 0 saturated carbocycles. The molecule has 1 unspecified atom stereocenters. The van der Waals surface area contributed by atoms with Gasteiger partial charge in [-0.1, -0.05) is 31.2 Å². The minimum Gasteiger partial charge on any atom is -0.269 e. The average Bonchev–Trinajstić information content (AvgIpc) is 2.50. The van der Waals surface area contributed by atoms with Crippen LogP contribution in [0.2, 0.25) is 0 Å². The van der Waals surface area contributed by atoms with Gasteiger partial charge in [0, 0.05) is 13.0 Å². The first-order valence-electron chi connectivity index (χ1n) is 6.30. The number of nitrogens with zero attached hydrogens (tertiary/aromatic N) is 1. The third-order valence-corrected chi connectivity index (χ3v) is 5.65. The molecule has 0 spiro atoms. The van der Waals surface area contributed by atoms with E-state index in [-0.39, 0.29) is 10.8 Å². The summed E-state index contributed by atoms with van der Waals surface area (Å²) in [6, 6.07) is 11.3. The van der Waals surface area contributed by atoms with Crippen LogP contribution < -0.4 is 4.31 Å². The summed E-state index contributed by atoms with van der Waals surface area (Å²) in [6.45, 7) is 1.93. The van der Waals surface area contributed by atoms with Crippen LogP contribution in [0.25, 0.3) is 0 Å². The van der Waals surface area contributed by atoms with Crippen LogP contribution in [-0.4, -0.2) is 15.5 Å². The van der Waals surface area contributed by atoms with Gasteiger partial charge in [0.2, 0.25) is 0 Å². The molecule has 3 rings (SSSR count). The number of para-hydroxylation sites is 1. The van der Waals surface area contributed by atoms with Gasteiger partial charge in [-0.2, -0.15) is 0 Å². The summed E-state index contributed by atoms with van der Waals surface area (Å²) in [7, 11) is -2.23. The summed E-state index contributed by atoms with van der Waals surface area (Å²) in [5, 5.41) is 0. The summed E-state index contributed by atoms with van der Waals surface area (Å²) < 4.78 is 40.0. The maximum Gasteiger partial charge on any atom is 0.264 e. The fourth-order valence-electron chi connectivity index (χ4n) is 2.67. The molecular weight excluding hydrogens is 277 g/mol. The first-order chi connectivity index (χ1) is 9.43. The Morgan fingerprint density at radius 1 is 1.10 bits per heavy atom. The van der Waals surface area contributed by atoms with Crippen LogP contribution in [0.3, 0.4) is 0 Å². The molecule has 0 aromatic heterocycles. The van der Waals surface area contributed by atoms with Gasteiger partial charge in [0.25, 0.3) is 10.0 Å². The molecule has 0 radical (unpaired) electrons. The summed E-state index contributed by atoms with van der Waals surface area (Å²) in [4.78, 5) is 0.0451. The molecule has 0 N–H and O–H groups in total. The summed E-state index contributed by atoms with van der Waals surface area (Å²) in [5.41, 5.74) is 2.18. The maximum atomic E-state index is 13.5. The van der Waals surface area contributed by atoms with Gasteiger partial charge in [0.1, 0.15) is 5.82 Å². The first-order valence-corrected chi connectivity index (χ1v) is 7.74. The van der Waals surface area contributed by atoms with Crippen LogP contribution in [0.1, 0.15) is 24.0 Å². The van der Waals surface area contributed by atoms with Crippen molar-refractivity contribution in [3.05, 3.63) is 59.4 Å². The second-order valence-corrected chi connectivity index (χ2v) is 6.87. The number of hydrogen-bond acceptors (Lipinski definition) is 2. The Kier molecular flexibility index (Phi) is 2.83. The molecule has 1 aliphatic rings. The molecular formula is C15H14FNO2S. The van der Waals surface area contributed by atoms with Gasteiger partial charge < -0.3 is 0 Å². The molecule has 0 amide bonds. The van der Waals surface area contributed by atoms with Gasteiger partial charge in [-0.15, -0.1) is 0 Å². The lowest BCUT2D eigenvalue weighted by Crippen LogP contribution is -2.26. The van der Waals surface area contributed by atoms with Crippen molar-refractivity contribution < 1.29 is 12.8 Å². The molecule has 0 saturated heterocycles. The predicted molar refractivity (Wildman–Crippen MR) is 75.9 cm³/mol. The number of rotatable bonds is 0. The van der Waals surface area contributed by atoms with Crippen molar-refractivity contribution in [3.8, 4) is 0 Å². The summed E-state index contributed by atoms with van der Waals surface area (Å²) in [5.74, 6) is -0.652. The van der Waals surface area contributed by atoms with E-state index in [1.165, 1.54) is 17.4 Å². The van der Waals surface area contributed by atoms with E-state index in [1.807, 2.05) is 19.1 Å². The number of halogens is 1. The molecule has 0 aliphatic carbocycles. The normalized spacial score (nSPS) is 19.9. The van der Waals surface area contributed by atoms with Gasteiger partial charge in [0.05, 0.1) is 10.6 Å². The van der Waals surface area contributed by atoms with Crippen molar-refractivity contribution in [1.29, 1.82) is 0 Å². The first kappa shape index (κ1) is 13.1. The molecule has 2 aromatic rings. The third-order valence-electron chi connectivity index (χ3n) is 3.82. The van der Waals surface area contributed by atoms with Crippen molar-refractivity contribution in [3.63, 3.8) is 0 Å². The molecule has 104 valence electrons. The van der Waals surface area contributed by atoms with E-state index < -0.39 is 15.8 Å². The SMILES string of the molecule is CC1c2ccccc2N(C)S(=O)(=O)c2cc(F)ccc21. The lowest BCUT2D eigenvalue weighted by molar-refractivity contribution is 0.588. The highest BCUT2D eigenvalue weighted by Crippen LogP contribution is 2.40. The monoisotopic (exact) mass is 291 g/mol. The second-order valence-electron chi connectivity index (χ2n) is 4.94. The van der Waals surface area contributed by atoms with Gasteiger partial charge in [-0.25, -0.2) is 12.8 Å². The molecule has 0 fully saturated rings. The number of benzene rings is 2. The third kappa shape index (κ3) is 1.73. The molecule has 0 bridgehead atoms. The summed E-state index contributed by atoms with van der Waals surface area (Å²) in [6.07, 6.45) is 0. The molecule has 5 heteroatoms. The topological polar surface area (TPSA) is 37.4 Å². The van der Waals surface area contributed by atoms with Crippen molar-refractivity contribution in [2.45, 2.75) is 17.7 Å². The lowest BCUT2D eigenvalue weighted by atomic mass is 9.92. The van der Waals surface area contributed by atoms with Crippen LogP contribution in [-0.2, 0) is 10.0 Å². The maximum absolute atomic E-state index is 13.5. The summed E-state index contributed by atoms with van der Waals surface area (Å²) >= 11 is 0. The fourth-order valence-corrected chi connectivity index (χ4v) is 4.20. The van der Waals surface area contributed by atoms with E-state index in [4.69, 9.17) is 0 Å². The standard InChI is InChI=1S/C15H14FNO2S/c1-10-12-5-3-4-6-14(12)17(2)20(18,19)15-9-11(16)7-8-13(10)15/h3-10H,1-2H3. The average molecular weight is 291 g/mol. The Hall–Kier alpha value is -1.88. The minimum absolute atomic E-state index is 0.0451. The predicted octanol–water partition coefficient (Wildman–Crippen LogP) is 3.12. The molecule has 3 nitrogen and oxygen atoms in total. The van der Waals surface area contributed by atoms with Gasteiger partial charge >= 0.3 is 0 Å². The van der Waals surface area contributed by atoms with E-state index in [0.29, 0.717) is 11.3 Å². The van der Waals surface area contributed by atoms with Crippen LogP contribution in [0.15, 0.2) is 47.4 Å².